The number of anilines is 1. The third-order valence-electron chi connectivity index (χ3n) is 3.69. The van der Waals surface area contributed by atoms with E-state index in [1.165, 1.54) is 4.57 Å². The zero-order valence-corrected chi connectivity index (χ0v) is 15.5. The zero-order valence-electron chi connectivity index (χ0n) is 13.1. The summed E-state index contributed by atoms with van der Waals surface area (Å²) in [5.74, 6) is -0.226. The Bertz CT molecular complexity index is 797. The third-order valence-corrected chi connectivity index (χ3v) is 5.30. The van der Waals surface area contributed by atoms with Gasteiger partial charge >= 0.3 is 5.69 Å². The molecule has 7 nitrogen and oxygen atoms in total. The first-order chi connectivity index (χ1) is 12.0. The number of para-hydroxylation sites is 1. The van der Waals surface area contributed by atoms with Crippen LogP contribution >= 0.6 is 35.0 Å². The molecule has 2 N–H and O–H groups in total. The van der Waals surface area contributed by atoms with Crippen LogP contribution in [-0.2, 0) is 16.1 Å². The van der Waals surface area contributed by atoms with Gasteiger partial charge in [0.2, 0.25) is 5.91 Å². The third kappa shape index (κ3) is 4.58. The second-order valence-corrected chi connectivity index (χ2v) is 7.25. The number of carbonyl (C=O) groups is 1. The van der Waals surface area contributed by atoms with Crippen molar-refractivity contribution in [1.29, 1.82) is 0 Å². The minimum absolute atomic E-state index is 0.00501. The van der Waals surface area contributed by atoms with Gasteiger partial charge < -0.3 is 10.1 Å². The molecule has 0 spiro atoms. The van der Waals surface area contributed by atoms with Crippen LogP contribution < -0.4 is 11.0 Å². The highest BCUT2D eigenvalue weighted by atomic mass is 35.5. The lowest BCUT2D eigenvalue weighted by atomic mass is 10.2. The number of H-pyrrole nitrogens is 1. The van der Waals surface area contributed by atoms with Crippen molar-refractivity contribution in [2.45, 2.75) is 30.6 Å². The molecule has 2 heterocycles. The topological polar surface area (TPSA) is 89.0 Å². The molecular formula is C15H16Cl2N4O3S. The van der Waals surface area contributed by atoms with Gasteiger partial charge in [0.05, 0.1) is 34.1 Å². The summed E-state index contributed by atoms with van der Waals surface area (Å²) < 4.78 is 7.04. The molecule has 0 aliphatic carbocycles. The van der Waals surface area contributed by atoms with E-state index in [1.807, 2.05) is 0 Å². The Morgan fingerprint density at radius 2 is 2.20 bits per heavy atom. The highest BCUT2D eigenvalue weighted by molar-refractivity contribution is 7.99. The van der Waals surface area contributed by atoms with Gasteiger partial charge in [0, 0.05) is 6.61 Å². The fourth-order valence-electron chi connectivity index (χ4n) is 2.49. The van der Waals surface area contributed by atoms with Crippen LogP contribution in [0.25, 0.3) is 0 Å². The summed E-state index contributed by atoms with van der Waals surface area (Å²) in [6.45, 7) is 1.14. The second kappa shape index (κ2) is 8.27. The van der Waals surface area contributed by atoms with Gasteiger partial charge in [-0.05, 0) is 25.0 Å². The summed E-state index contributed by atoms with van der Waals surface area (Å²) in [6, 6.07) is 4.98. The molecule has 1 atom stereocenters. The number of nitrogens with one attached hydrogen (secondary N) is 2. The van der Waals surface area contributed by atoms with Crippen LogP contribution in [0.4, 0.5) is 5.69 Å². The first kappa shape index (κ1) is 18.3. The number of amides is 1. The Labute approximate surface area is 158 Å². The van der Waals surface area contributed by atoms with Crippen molar-refractivity contribution in [3.05, 3.63) is 38.7 Å². The summed E-state index contributed by atoms with van der Waals surface area (Å²) in [7, 11) is 0. The van der Waals surface area contributed by atoms with E-state index in [9.17, 15) is 9.59 Å². The molecule has 10 heteroatoms. The molecule has 1 unspecified atom stereocenters. The first-order valence-corrected chi connectivity index (χ1v) is 9.42. The minimum atomic E-state index is -0.312. The van der Waals surface area contributed by atoms with Crippen molar-refractivity contribution < 1.29 is 9.53 Å². The van der Waals surface area contributed by atoms with E-state index in [-0.39, 0.29) is 23.5 Å². The quantitative estimate of drug-likeness (QED) is 0.725. The van der Waals surface area contributed by atoms with Crippen molar-refractivity contribution in [1.82, 2.24) is 14.8 Å². The summed E-state index contributed by atoms with van der Waals surface area (Å²) >= 11 is 13.2. The van der Waals surface area contributed by atoms with E-state index >= 15 is 0 Å². The molecule has 1 amide bonds. The normalized spacial score (nSPS) is 17.0. The lowest BCUT2D eigenvalue weighted by Gasteiger charge is -2.11. The van der Waals surface area contributed by atoms with Gasteiger partial charge in [-0.3, -0.25) is 9.36 Å². The molecule has 1 fully saturated rings. The summed E-state index contributed by atoms with van der Waals surface area (Å²) in [6.07, 6.45) is 1.90. The molecule has 0 saturated carbocycles. The number of thioether (sulfide) groups is 1. The molecule has 134 valence electrons. The van der Waals surface area contributed by atoms with Gasteiger partial charge in [-0.15, -0.1) is 5.10 Å². The molecule has 1 aromatic heterocycles. The lowest BCUT2D eigenvalue weighted by molar-refractivity contribution is -0.113. The maximum Gasteiger partial charge on any atom is 0.344 e. The Balaban J connectivity index is 1.61. The molecule has 1 aliphatic heterocycles. The Kier molecular flexibility index (Phi) is 6.06. The SMILES string of the molecule is O=C(CSc1n[nH]c(=O)n1CC1CCCO1)Nc1c(Cl)cccc1Cl. The molecule has 1 aliphatic rings. The number of hydrogen-bond acceptors (Lipinski definition) is 5. The van der Waals surface area contributed by atoms with Crippen molar-refractivity contribution in [3.63, 3.8) is 0 Å². The fraction of sp³-hybridized carbons (Fsp3) is 0.400. The molecular weight excluding hydrogens is 387 g/mol. The van der Waals surface area contributed by atoms with Gasteiger partial charge in [0.1, 0.15) is 0 Å². The number of hydrogen-bond donors (Lipinski definition) is 2. The number of halogens is 2. The van der Waals surface area contributed by atoms with Gasteiger partial charge in [0.25, 0.3) is 0 Å². The van der Waals surface area contributed by atoms with E-state index in [0.29, 0.717) is 34.0 Å². The summed E-state index contributed by atoms with van der Waals surface area (Å²) in [5, 5.41) is 10.2. The van der Waals surface area contributed by atoms with Crippen molar-refractivity contribution >= 4 is 46.6 Å². The number of aromatic nitrogens is 3. The highest BCUT2D eigenvalue weighted by Crippen LogP contribution is 2.30. The van der Waals surface area contributed by atoms with E-state index in [2.05, 4.69) is 15.5 Å². The van der Waals surface area contributed by atoms with Crippen LogP contribution in [0.2, 0.25) is 10.0 Å². The highest BCUT2D eigenvalue weighted by Gasteiger charge is 2.20. The molecule has 2 aromatic rings. The van der Waals surface area contributed by atoms with Crippen LogP contribution in [0, 0.1) is 0 Å². The van der Waals surface area contributed by atoms with Gasteiger partial charge in [-0.25, -0.2) is 9.89 Å². The lowest BCUT2D eigenvalue weighted by Crippen LogP contribution is -2.25. The van der Waals surface area contributed by atoms with E-state index in [1.54, 1.807) is 18.2 Å². The van der Waals surface area contributed by atoms with Gasteiger partial charge in [-0.2, -0.15) is 0 Å². The largest absolute Gasteiger partial charge is 0.376 e. The second-order valence-electron chi connectivity index (χ2n) is 5.49. The number of carbonyl (C=O) groups excluding carboxylic acids is 1. The predicted octanol–water partition coefficient (Wildman–Crippen LogP) is 2.79. The van der Waals surface area contributed by atoms with Crippen LogP contribution in [0.1, 0.15) is 12.8 Å². The molecule has 1 saturated heterocycles. The summed E-state index contributed by atoms with van der Waals surface area (Å²) in [4.78, 5) is 24.0. The van der Waals surface area contributed by atoms with Gasteiger partial charge in [-0.1, -0.05) is 41.0 Å². The standard InChI is InChI=1S/C15H16Cl2N4O3S/c16-10-4-1-5-11(17)13(10)18-12(22)8-25-15-20-19-14(23)21(15)7-9-3-2-6-24-9/h1,4-5,9H,2-3,6-8H2,(H,18,22)(H,19,23). The molecule has 3 rings (SSSR count). The van der Waals surface area contributed by atoms with E-state index < -0.39 is 0 Å². The van der Waals surface area contributed by atoms with Gasteiger partial charge in [0.15, 0.2) is 5.16 Å². The van der Waals surface area contributed by atoms with Crippen LogP contribution in [0.15, 0.2) is 28.2 Å². The minimum Gasteiger partial charge on any atom is -0.376 e. The van der Waals surface area contributed by atoms with Crippen molar-refractivity contribution in [2.75, 3.05) is 17.7 Å². The number of nitrogens with zero attached hydrogens (tertiary/aromatic N) is 2. The Hall–Kier alpha value is -1.48. The van der Waals surface area contributed by atoms with E-state index in [0.717, 1.165) is 24.6 Å². The van der Waals surface area contributed by atoms with Crippen LogP contribution in [0.3, 0.4) is 0 Å². The Morgan fingerprint density at radius 1 is 1.44 bits per heavy atom. The number of ether oxygens (including phenoxy) is 1. The maximum absolute atomic E-state index is 12.2. The van der Waals surface area contributed by atoms with E-state index in [4.69, 9.17) is 27.9 Å². The summed E-state index contributed by atoms with van der Waals surface area (Å²) in [5.41, 5.74) is 0.0581. The molecule has 0 bridgehead atoms. The fourth-order valence-corrected chi connectivity index (χ4v) is 3.74. The molecule has 25 heavy (non-hydrogen) atoms. The smallest absolute Gasteiger partial charge is 0.344 e. The predicted molar refractivity (Wildman–Crippen MR) is 97.6 cm³/mol. The van der Waals surface area contributed by atoms with Crippen LogP contribution in [0.5, 0.6) is 0 Å². The average Bonchev–Trinajstić information content (AvgIpc) is 3.21. The van der Waals surface area contributed by atoms with Crippen LogP contribution in [-0.4, -0.2) is 39.1 Å². The number of benzene rings is 1. The van der Waals surface area contributed by atoms with Crippen molar-refractivity contribution in [3.8, 4) is 0 Å². The van der Waals surface area contributed by atoms with Crippen molar-refractivity contribution in [2.24, 2.45) is 0 Å². The molecule has 1 aromatic carbocycles. The monoisotopic (exact) mass is 402 g/mol. The number of rotatable bonds is 6. The number of aromatic amines is 1. The Morgan fingerprint density at radius 3 is 2.88 bits per heavy atom. The zero-order chi connectivity index (χ0) is 17.8. The average molecular weight is 403 g/mol. The molecule has 0 radical (unpaired) electrons. The maximum atomic E-state index is 12.2. The first-order valence-electron chi connectivity index (χ1n) is 7.68.